The summed E-state index contributed by atoms with van der Waals surface area (Å²) in [5, 5.41) is 7.54. The van der Waals surface area contributed by atoms with Crippen LogP contribution in [0.4, 0.5) is 0 Å². The molecule has 10 heavy (non-hydrogen) atoms. The minimum absolute atomic E-state index is 0.756. The standard InChI is InChI=1S/C8H14N2/c1-6(9)7-4-2-3-5-8(7)10/h10H,2-5,9H2,1H3/b7-6-,10-8?. The number of nitrogens with one attached hydrogen (secondary N) is 1. The maximum absolute atomic E-state index is 7.54. The second kappa shape index (κ2) is 2.86. The smallest absolute Gasteiger partial charge is 0.0362 e. The summed E-state index contributed by atoms with van der Waals surface area (Å²) >= 11 is 0. The molecule has 0 radical (unpaired) electrons. The minimum Gasteiger partial charge on any atom is -0.402 e. The second-order valence-corrected chi connectivity index (χ2v) is 2.85. The Morgan fingerprint density at radius 3 is 2.40 bits per heavy atom. The van der Waals surface area contributed by atoms with Gasteiger partial charge < -0.3 is 11.1 Å². The van der Waals surface area contributed by atoms with Crippen molar-refractivity contribution in [2.75, 3.05) is 0 Å². The Hall–Kier alpha value is -0.790. The van der Waals surface area contributed by atoms with E-state index < -0.39 is 0 Å². The zero-order valence-corrected chi connectivity index (χ0v) is 6.41. The van der Waals surface area contributed by atoms with E-state index >= 15 is 0 Å². The molecular weight excluding hydrogens is 124 g/mol. The third-order valence-electron chi connectivity index (χ3n) is 1.94. The summed E-state index contributed by atoms with van der Waals surface area (Å²) in [6.45, 7) is 1.88. The molecule has 0 atom stereocenters. The van der Waals surface area contributed by atoms with Gasteiger partial charge in [0.2, 0.25) is 0 Å². The maximum Gasteiger partial charge on any atom is 0.0362 e. The van der Waals surface area contributed by atoms with E-state index in [9.17, 15) is 0 Å². The first-order valence-corrected chi connectivity index (χ1v) is 3.75. The van der Waals surface area contributed by atoms with Gasteiger partial charge in [-0.05, 0) is 38.2 Å². The molecule has 1 saturated carbocycles. The lowest BCUT2D eigenvalue weighted by Gasteiger charge is -2.16. The lowest BCUT2D eigenvalue weighted by Crippen LogP contribution is -2.12. The summed E-state index contributed by atoms with van der Waals surface area (Å²) in [6.07, 6.45) is 4.30. The van der Waals surface area contributed by atoms with Gasteiger partial charge in [0.1, 0.15) is 0 Å². The SMILES string of the molecule is C/C(N)=C1\CCCCC1=N. The van der Waals surface area contributed by atoms with Crippen LogP contribution < -0.4 is 5.73 Å². The molecule has 0 unspecified atom stereocenters. The molecule has 0 spiro atoms. The van der Waals surface area contributed by atoms with E-state index in [0.717, 1.165) is 36.2 Å². The number of allylic oxidation sites excluding steroid dienone is 2. The zero-order chi connectivity index (χ0) is 7.56. The number of hydrogen-bond acceptors (Lipinski definition) is 2. The molecule has 0 bridgehead atoms. The second-order valence-electron chi connectivity index (χ2n) is 2.85. The molecule has 1 aliphatic carbocycles. The molecule has 2 heteroatoms. The van der Waals surface area contributed by atoms with Crippen LogP contribution in [0.1, 0.15) is 32.6 Å². The number of hydrogen-bond donors (Lipinski definition) is 2. The molecule has 0 aliphatic heterocycles. The highest BCUT2D eigenvalue weighted by molar-refractivity contribution is 5.98. The summed E-state index contributed by atoms with van der Waals surface area (Å²) in [7, 11) is 0. The van der Waals surface area contributed by atoms with Crippen LogP contribution >= 0.6 is 0 Å². The molecule has 56 valence electrons. The van der Waals surface area contributed by atoms with Gasteiger partial charge in [0, 0.05) is 11.4 Å². The third-order valence-corrected chi connectivity index (χ3v) is 1.94. The summed E-state index contributed by atoms with van der Waals surface area (Å²) in [4.78, 5) is 0. The fourth-order valence-electron chi connectivity index (χ4n) is 1.34. The Morgan fingerprint density at radius 1 is 1.40 bits per heavy atom. The van der Waals surface area contributed by atoms with Crippen LogP contribution in [-0.2, 0) is 0 Å². The Morgan fingerprint density at radius 2 is 2.00 bits per heavy atom. The Bertz CT molecular complexity index is 176. The van der Waals surface area contributed by atoms with E-state index in [1.807, 2.05) is 6.92 Å². The lowest BCUT2D eigenvalue weighted by molar-refractivity contribution is 0.724. The normalized spacial score (nSPS) is 24.7. The van der Waals surface area contributed by atoms with Crippen LogP contribution in [0.15, 0.2) is 11.3 Å². The minimum atomic E-state index is 0.756. The fourth-order valence-corrected chi connectivity index (χ4v) is 1.34. The highest BCUT2D eigenvalue weighted by atomic mass is 14.6. The molecule has 0 saturated heterocycles. The van der Waals surface area contributed by atoms with Crippen molar-refractivity contribution in [3.63, 3.8) is 0 Å². The number of nitrogens with two attached hydrogens (primary N) is 1. The predicted molar refractivity (Wildman–Crippen MR) is 43.1 cm³/mol. The average Bonchev–Trinajstić information content (AvgIpc) is 1.88. The van der Waals surface area contributed by atoms with Crippen molar-refractivity contribution in [1.29, 1.82) is 5.41 Å². The van der Waals surface area contributed by atoms with E-state index in [0.29, 0.717) is 0 Å². The topological polar surface area (TPSA) is 49.9 Å². The van der Waals surface area contributed by atoms with Gasteiger partial charge in [-0.3, -0.25) is 0 Å². The van der Waals surface area contributed by atoms with Crippen molar-refractivity contribution in [2.45, 2.75) is 32.6 Å². The van der Waals surface area contributed by atoms with Gasteiger partial charge in [-0.2, -0.15) is 0 Å². The van der Waals surface area contributed by atoms with Gasteiger partial charge in [0.15, 0.2) is 0 Å². The molecule has 0 aromatic carbocycles. The van der Waals surface area contributed by atoms with Gasteiger partial charge >= 0.3 is 0 Å². The number of rotatable bonds is 0. The van der Waals surface area contributed by atoms with E-state index in [1.54, 1.807) is 0 Å². The molecule has 3 N–H and O–H groups in total. The first-order chi connectivity index (χ1) is 4.72. The van der Waals surface area contributed by atoms with Gasteiger partial charge in [0.25, 0.3) is 0 Å². The highest BCUT2D eigenvalue weighted by Crippen LogP contribution is 2.20. The van der Waals surface area contributed by atoms with Gasteiger partial charge in [-0.1, -0.05) is 0 Å². The maximum atomic E-state index is 7.54. The van der Waals surface area contributed by atoms with Gasteiger partial charge in [0.05, 0.1) is 0 Å². The molecule has 0 aromatic rings. The Labute approximate surface area is 61.6 Å². The van der Waals surface area contributed by atoms with Gasteiger partial charge in [-0.25, -0.2) is 0 Å². The molecular formula is C8H14N2. The lowest BCUT2D eigenvalue weighted by atomic mass is 9.92. The quantitative estimate of drug-likeness (QED) is 0.527. The zero-order valence-electron chi connectivity index (χ0n) is 6.41. The van der Waals surface area contributed by atoms with E-state index in [2.05, 4.69) is 0 Å². The van der Waals surface area contributed by atoms with Crippen LogP contribution in [0.25, 0.3) is 0 Å². The summed E-state index contributed by atoms with van der Waals surface area (Å²) in [5.74, 6) is 0. The van der Waals surface area contributed by atoms with E-state index in [1.165, 1.54) is 6.42 Å². The third kappa shape index (κ3) is 1.38. The first-order valence-electron chi connectivity index (χ1n) is 3.75. The van der Waals surface area contributed by atoms with Crippen molar-refractivity contribution >= 4 is 5.71 Å². The molecule has 1 fully saturated rings. The Balaban J connectivity index is 2.75. The van der Waals surface area contributed by atoms with Gasteiger partial charge in [-0.15, -0.1) is 0 Å². The van der Waals surface area contributed by atoms with Crippen LogP contribution in [-0.4, -0.2) is 5.71 Å². The summed E-state index contributed by atoms with van der Waals surface area (Å²) in [5.41, 5.74) is 8.28. The van der Waals surface area contributed by atoms with Crippen LogP contribution in [0.3, 0.4) is 0 Å². The van der Waals surface area contributed by atoms with Crippen molar-refractivity contribution < 1.29 is 0 Å². The summed E-state index contributed by atoms with van der Waals surface area (Å²) < 4.78 is 0. The summed E-state index contributed by atoms with van der Waals surface area (Å²) in [6, 6.07) is 0. The van der Waals surface area contributed by atoms with E-state index in [4.69, 9.17) is 11.1 Å². The Kier molecular flexibility index (Phi) is 2.10. The van der Waals surface area contributed by atoms with E-state index in [-0.39, 0.29) is 0 Å². The molecule has 0 amide bonds. The predicted octanol–water partition coefficient (Wildman–Crippen LogP) is 1.81. The molecule has 1 rings (SSSR count). The van der Waals surface area contributed by atoms with Crippen molar-refractivity contribution in [1.82, 2.24) is 0 Å². The van der Waals surface area contributed by atoms with Crippen LogP contribution in [0.5, 0.6) is 0 Å². The molecule has 1 aliphatic rings. The van der Waals surface area contributed by atoms with Crippen molar-refractivity contribution in [2.24, 2.45) is 5.73 Å². The van der Waals surface area contributed by atoms with Crippen LogP contribution in [0, 0.1) is 5.41 Å². The molecule has 2 nitrogen and oxygen atoms in total. The molecule has 0 aromatic heterocycles. The fraction of sp³-hybridized carbons (Fsp3) is 0.625. The van der Waals surface area contributed by atoms with Crippen molar-refractivity contribution in [3.05, 3.63) is 11.3 Å². The first kappa shape index (κ1) is 7.32. The molecule has 0 heterocycles. The average molecular weight is 138 g/mol. The highest BCUT2D eigenvalue weighted by Gasteiger charge is 2.12. The van der Waals surface area contributed by atoms with Crippen molar-refractivity contribution in [3.8, 4) is 0 Å². The van der Waals surface area contributed by atoms with Crippen LogP contribution in [0.2, 0.25) is 0 Å². The monoisotopic (exact) mass is 138 g/mol. The largest absolute Gasteiger partial charge is 0.402 e.